The average molecular weight is 510 g/mol. The summed E-state index contributed by atoms with van der Waals surface area (Å²) in [5, 5.41) is 12.1. The molecule has 1 heterocycles. The summed E-state index contributed by atoms with van der Waals surface area (Å²) in [7, 11) is 0. The van der Waals surface area contributed by atoms with Crippen molar-refractivity contribution < 1.29 is 23.6 Å². The molecule has 0 radical (unpaired) electrons. The standard InChI is InChI=1S/C19H14Cl2FN7O5/c20-10-5-6-14(12(21)7-10)34-8-15(30)25-26-17-16(29(32)33)18(24-9-23-17)27-28-19(31)11-3-1-2-4-13(11)22/h1-7,9H,8H2,(H,25,30)(H,28,31)(H2,23,24,26,27). The number of hydrogen-bond acceptors (Lipinski definition) is 9. The zero-order valence-corrected chi connectivity index (χ0v) is 18.4. The fourth-order valence-electron chi connectivity index (χ4n) is 2.46. The molecule has 0 aliphatic heterocycles. The van der Waals surface area contributed by atoms with E-state index >= 15 is 0 Å². The van der Waals surface area contributed by atoms with Gasteiger partial charge in [-0.25, -0.2) is 14.4 Å². The van der Waals surface area contributed by atoms with Gasteiger partial charge in [-0.05, 0) is 30.3 Å². The van der Waals surface area contributed by atoms with Crippen LogP contribution in [0.2, 0.25) is 10.0 Å². The van der Waals surface area contributed by atoms with Crippen molar-refractivity contribution in [3.63, 3.8) is 0 Å². The highest BCUT2D eigenvalue weighted by Crippen LogP contribution is 2.28. The van der Waals surface area contributed by atoms with Gasteiger partial charge >= 0.3 is 5.69 Å². The predicted octanol–water partition coefficient (Wildman–Crippen LogP) is 3.11. The van der Waals surface area contributed by atoms with Crippen molar-refractivity contribution >= 4 is 52.3 Å². The molecule has 2 aromatic carbocycles. The van der Waals surface area contributed by atoms with Gasteiger partial charge in [0.15, 0.2) is 6.61 Å². The molecule has 0 fully saturated rings. The smallest absolute Gasteiger partial charge is 0.356 e. The van der Waals surface area contributed by atoms with Crippen LogP contribution in [0, 0.1) is 15.9 Å². The number of nitrogens with one attached hydrogen (secondary N) is 4. The van der Waals surface area contributed by atoms with E-state index < -0.39 is 46.5 Å². The minimum Gasteiger partial charge on any atom is -0.482 e. The maximum Gasteiger partial charge on any atom is 0.356 e. The summed E-state index contributed by atoms with van der Waals surface area (Å²) in [6.45, 7) is -0.489. The van der Waals surface area contributed by atoms with Crippen molar-refractivity contribution in [1.29, 1.82) is 0 Å². The number of nitrogens with zero attached hydrogens (tertiary/aromatic N) is 3. The average Bonchev–Trinajstić information content (AvgIpc) is 2.80. The Morgan fingerprint density at radius 1 is 1.06 bits per heavy atom. The maximum atomic E-state index is 13.7. The van der Waals surface area contributed by atoms with Crippen LogP contribution in [0.4, 0.5) is 21.7 Å². The number of aromatic nitrogens is 2. The quantitative estimate of drug-likeness (QED) is 0.251. The Balaban J connectivity index is 1.64. The minimum absolute atomic E-state index is 0.188. The lowest BCUT2D eigenvalue weighted by atomic mass is 10.2. The minimum atomic E-state index is -0.896. The maximum absolute atomic E-state index is 13.7. The van der Waals surface area contributed by atoms with E-state index in [4.69, 9.17) is 27.9 Å². The number of benzene rings is 2. The second kappa shape index (κ2) is 11.1. The van der Waals surface area contributed by atoms with Crippen LogP contribution in [0.25, 0.3) is 0 Å². The van der Waals surface area contributed by atoms with E-state index in [1.54, 1.807) is 0 Å². The zero-order valence-electron chi connectivity index (χ0n) is 16.8. The highest BCUT2D eigenvalue weighted by molar-refractivity contribution is 6.35. The van der Waals surface area contributed by atoms with Crippen molar-refractivity contribution in [3.05, 3.63) is 80.3 Å². The van der Waals surface area contributed by atoms with Crippen molar-refractivity contribution in [2.24, 2.45) is 0 Å². The molecular formula is C19H14Cl2FN7O5. The number of amides is 2. The first kappa shape index (κ1) is 24.4. The number of halogens is 3. The van der Waals surface area contributed by atoms with Gasteiger partial charge < -0.3 is 4.74 Å². The largest absolute Gasteiger partial charge is 0.482 e. The van der Waals surface area contributed by atoms with E-state index in [9.17, 15) is 24.1 Å². The van der Waals surface area contributed by atoms with Gasteiger partial charge in [0.1, 0.15) is 17.9 Å². The first-order valence-electron chi connectivity index (χ1n) is 9.19. The van der Waals surface area contributed by atoms with E-state index in [0.29, 0.717) is 5.02 Å². The molecular weight excluding hydrogens is 496 g/mol. The molecule has 0 aliphatic rings. The molecule has 0 saturated heterocycles. The third-order valence-corrected chi connectivity index (χ3v) is 4.52. The molecule has 176 valence electrons. The van der Waals surface area contributed by atoms with Crippen molar-refractivity contribution in [2.75, 3.05) is 17.5 Å². The Hall–Kier alpha value is -4.23. The molecule has 0 aliphatic carbocycles. The van der Waals surface area contributed by atoms with E-state index in [-0.39, 0.29) is 16.3 Å². The summed E-state index contributed by atoms with van der Waals surface area (Å²) in [5.41, 5.74) is 7.81. The number of carbonyl (C=O) groups excluding carboxylic acids is 2. The van der Waals surface area contributed by atoms with Crippen LogP contribution in [0.5, 0.6) is 5.75 Å². The Morgan fingerprint density at radius 3 is 2.38 bits per heavy atom. The third kappa shape index (κ3) is 6.17. The summed E-state index contributed by atoms with van der Waals surface area (Å²) in [5.74, 6) is -3.03. The molecule has 3 rings (SSSR count). The van der Waals surface area contributed by atoms with Crippen LogP contribution >= 0.6 is 23.2 Å². The van der Waals surface area contributed by atoms with Gasteiger partial charge in [0, 0.05) is 5.02 Å². The monoisotopic (exact) mass is 509 g/mol. The lowest BCUT2D eigenvalue weighted by Gasteiger charge is -2.12. The van der Waals surface area contributed by atoms with Crippen LogP contribution in [0.3, 0.4) is 0 Å². The Morgan fingerprint density at radius 2 is 1.74 bits per heavy atom. The van der Waals surface area contributed by atoms with E-state index in [1.807, 2.05) is 0 Å². The van der Waals surface area contributed by atoms with Crippen molar-refractivity contribution in [1.82, 2.24) is 20.8 Å². The summed E-state index contributed by atoms with van der Waals surface area (Å²) in [6.07, 6.45) is 0.934. The Bertz CT molecular complexity index is 1250. The van der Waals surface area contributed by atoms with Gasteiger partial charge in [-0.3, -0.25) is 41.4 Å². The van der Waals surface area contributed by atoms with E-state index in [0.717, 1.165) is 12.4 Å². The van der Waals surface area contributed by atoms with Crippen LogP contribution in [-0.4, -0.2) is 33.3 Å². The van der Waals surface area contributed by atoms with Crippen molar-refractivity contribution in [2.45, 2.75) is 0 Å². The molecule has 0 atom stereocenters. The lowest BCUT2D eigenvalue weighted by Crippen LogP contribution is -2.35. The second-order valence-corrected chi connectivity index (χ2v) is 7.12. The molecule has 0 spiro atoms. The van der Waals surface area contributed by atoms with Crippen LogP contribution in [0.1, 0.15) is 10.4 Å². The van der Waals surface area contributed by atoms with Crippen molar-refractivity contribution in [3.8, 4) is 5.75 Å². The molecule has 3 aromatic rings. The normalized spacial score (nSPS) is 10.2. The molecule has 4 N–H and O–H groups in total. The van der Waals surface area contributed by atoms with Crippen LogP contribution < -0.4 is 26.4 Å². The molecule has 34 heavy (non-hydrogen) atoms. The lowest BCUT2D eigenvalue weighted by molar-refractivity contribution is -0.383. The highest BCUT2D eigenvalue weighted by atomic mass is 35.5. The first-order valence-corrected chi connectivity index (χ1v) is 9.95. The molecule has 2 amide bonds. The molecule has 0 unspecified atom stereocenters. The molecule has 1 aromatic heterocycles. The van der Waals surface area contributed by atoms with E-state index in [2.05, 4.69) is 31.7 Å². The topological polar surface area (TPSA) is 160 Å². The number of ether oxygens (including phenoxy) is 1. The van der Waals surface area contributed by atoms with Crippen LogP contribution in [-0.2, 0) is 4.79 Å². The first-order chi connectivity index (χ1) is 16.3. The predicted molar refractivity (Wildman–Crippen MR) is 120 cm³/mol. The fourth-order valence-corrected chi connectivity index (χ4v) is 2.93. The summed E-state index contributed by atoms with van der Waals surface area (Å²) in [4.78, 5) is 42.3. The molecule has 0 bridgehead atoms. The summed E-state index contributed by atoms with van der Waals surface area (Å²) >= 11 is 11.7. The number of carbonyl (C=O) groups is 2. The van der Waals surface area contributed by atoms with E-state index in [1.165, 1.54) is 36.4 Å². The third-order valence-electron chi connectivity index (χ3n) is 3.99. The Kier molecular flexibility index (Phi) is 7.95. The Labute approximate surface area is 200 Å². The zero-order chi connectivity index (χ0) is 24.7. The van der Waals surface area contributed by atoms with Gasteiger partial charge in [-0.2, -0.15) is 0 Å². The van der Waals surface area contributed by atoms with Gasteiger partial charge in [-0.15, -0.1) is 0 Å². The molecule has 0 saturated carbocycles. The van der Waals surface area contributed by atoms with Gasteiger partial charge in [-0.1, -0.05) is 35.3 Å². The summed E-state index contributed by atoms with van der Waals surface area (Å²) in [6, 6.07) is 9.56. The molecule has 15 heteroatoms. The van der Waals surface area contributed by atoms with Gasteiger partial charge in [0.2, 0.25) is 11.6 Å². The number of nitro groups is 1. The van der Waals surface area contributed by atoms with Gasteiger partial charge in [0.25, 0.3) is 11.8 Å². The number of rotatable bonds is 9. The fraction of sp³-hybridized carbons (Fsp3) is 0.0526. The van der Waals surface area contributed by atoms with Crippen LogP contribution in [0.15, 0.2) is 48.8 Å². The highest BCUT2D eigenvalue weighted by Gasteiger charge is 2.24. The number of anilines is 2. The molecule has 12 nitrogen and oxygen atoms in total. The SMILES string of the molecule is O=C(COc1ccc(Cl)cc1Cl)NNc1ncnc(NNC(=O)c2ccccc2F)c1[N+](=O)[O-]. The van der Waals surface area contributed by atoms with Gasteiger partial charge in [0.05, 0.1) is 15.5 Å². The number of hydrogen-bond donors (Lipinski definition) is 4. The number of hydrazine groups is 2. The summed E-state index contributed by atoms with van der Waals surface area (Å²) < 4.78 is 19.0. The second-order valence-electron chi connectivity index (χ2n) is 6.27.